The zero-order chi connectivity index (χ0) is 13.0. The molecule has 17 heavy (non-hydrogen) atoms. The maximum atomic E-state index is 10.7. The van der Waals surface area contributed by atoms with Crippen LogP contribution in [0.4, 0.5) is 0 Å². The van der Waals surface area contributed by atoms with Gasteiger partial charge in [0.25, 0.3) is 0 Å². The van der Waals surface area contributed by atoms with Crippen LogP contribution in [0.1, 0.15) is 18.6 Å². The van der Waals surface area contributed by atoms with Gasteiger partial charge in [0.15, 0.2) is 0 Å². The summed E-state index contributed by atoms with van der Waals surface area (Å²) in [6.07, 6.45) is -2.21. The molecule has 94 valence electrons. The van der Waals surface area contributed by atoms with Crippen LogP contribution in [0.2, 0.25) is 5.02 Å². The van der Waals surface area contributed by atoms with Crippen LogP contribution in [-0.2, 0) is 4.79 Å². The fraction of sp³-hybridized carbons (Fsp3) is 0.364. The highest BCUT2D eigenvalue weighted by Gasteiger charge is 2.21. The van der Waals surface area contributed by atoms with E-state index in [9.17, 15) is 15.0 Å². The highest BCUT2D eigenvalue weighted by atomic mass is 79.9. The first-order chi connectivity index (χ1) is 7.93. The Bertz CT molecular complexity index is 414. The summed E-state index contributed by atoms with van der Waals surface area (Å²) < 4.78 is 0.538. The lowest BCUT2D eigenvalue weighted by molar-refractivity contribution is -0.119. The molecule has 0 aromatic heterocycles. The Morgan fingerprint density at radius 3 is 2.76 bits per heavy atom. The molecular weight excluding hydrogens is 309 g/mol. The molecule has 4 nitrogen and oxygen atoms in total. The topological polar surface area (TPSA) is 69.6 Å². The number of aliphatic hydroxyl groups is 2. The highest BCUT2D eigenvalue weighted by molar-refractivity contribution is 9.10. The monoisotopic (exact) mass is 321 g/mol. The lowest BCUT2D eigenvalue weighted by Crippen LogP contribution is -2.34. The van der Waals surface area contributed by atoms with Gasteiger partial charge in [0.2, 0.25) is 5.91 Å². The molecule has 3 N–H and O–H groups in total. The zero-order valence-corrected chi connectivity index (χ0v) is 11.5. The average molecular weight is 323 g/mol. The minimum absolute atomic E-state index is 0.0184. The number of carbonyl (C=O) groups is 1. The lowest BCUT2D eigenvalue weighted by Gasteiger charge is -2.19. The SMILES string of the molecule is CC(=O)NCC(O)C(O)c1cccc(Cl)c1Br. The second-order valence-electron chi connectivity index (χ2n) is 3.59. The molecule has 0 aliphatic heterocycles. The Kier molecular flexibility index (Phi) is 5.39. The number of halogens is 2. The Hall–Kier alpha value is -0.620. The molecule has 1 aromatic rings. The number of carbonyl (C=O) groups excluding carboxylic acids is 1. The van der Waals surface area contributed by atoms with Gasteiger partial charge in [-0.05, 0) is 27.6 Å². The van der Waals surface area contributed by atoms with E-state index in [0.29, 0.717) is 15.1 Å². The number of aliphatic hydroxyl groups excluding tert-OH is 2. The zero-order valence-electron chi connectivity index (χ0n) is 9.15. The van der Waals surface area contributed by atoms with Crippen LogP contribution >= 0.6 is 27.5 Å². The first-order valence-corrected chi connectivity index (χ1v) is 6.15. The molecule has 2 atom stereocenters. The van der Waals surface area contributed by atoms with E-state index in [0.717, 1.165) is 0 Å². The minimum Gasteiger partial charge on any atom is -0.388 e. The first-order valence-electron chi connectivity index (χ1n) is 4.98. The summed E-state index contributed by atoms with van der Waals surface area (Å²) in [5, 5.41) is 22.5. The maximum Gasteiger partial charge on any atom is 0.216 e. The van der Waals surface area contributed by atoms with Gasteiger partial charge < -0.3 is 15.5 Å². The van der Waals surface area contributed by atoms with Crippen molar-refractivity contribution in [1.29, 1.82) is 0 Å². The molecule has 0 heterocycles. The maximum absolute atomic E-state index is 10.7. The number of rotatable bonds is 4. The molecule has 0 spiro atoms. The van der Waals surface area contributed by atoms with E-state index in [1.165, 1.54) is 6.92 Å². The van der Waals surface area contributed by atoms with Crippen LogP contribution < -0.4 is 5.32 Å². The van der Waals surface area contributed by atoms with Gasteiger partial charge in [-0.3, -0.25) is 4.79 Å². The molecule has 1 amide bonds. The highest BCUT2D eigenvalue weighted by Crippen LogP contribution is 2.31. The molecule has 0 fully saturated rings. The number of amides is 1. The Labute approximate surface area is 113 Å². The summed E-state index contributed by atoms with van der Waals surface area (Å²) in [7, 11) is 0. The van der Waals surface area contributed by atoms with Gasteiger partial charge in [-0.25, -0.2) is 0 Å². The van der Waals surface area contributed by atoms with Crippen molar-refractivity contribution in [3.63, 3.8) is 0 Å². The average Bonchev–Trinajstić information content (AvgIpc) is 2.28. The van der Waals surface area contributed by atoms with Crippen molar-refractivity contribution in [3.8, 4) is 0 Å². The van der Waals surface area contributed by atoms with Crippen molar-refractivity contribution in [2.45, 2.75) is 19.1 Å². The van der Waals surface area contributed by atoms with E-state index in [4.69, 9.17) is 11.6 Å². The second kappa shape index (κ2) is 6.35. The van der Waals surface area contributed by atoms with Crippen molar-refractivity contribution in [2.75, 3.05) is 6.54 Å². The van der Waals surface area contributed by atoms with Crippen molar-refractivity contribution in [2.24, 2.45) is 0 Å². The fourth-order valence-corrected chi connectivity index (χ4v) is 2.00. The summed E-state index contributed by atoms with van der Waals surface area (Å²) in [5.74, 6) is -0.263. The van der Waals surface area contributed by atoms with E-state index in [-0.39, 0.29) is 12.5 Å². The van der Waals surface area contributed by atoms with Crippen LogP contribution in [0.25, 0.3) is 0 Å². The van der Waals surface area contributed by atoms with Gasteiger partial charge in [-0.2, -0.15) is 0 Å². The van der Waals surface area contributed by atoms with Crippen LogP contribution in [0, 0.1) is 0 Å². The molecule has 6 heteroatoms. The molecule has 0 aliphatic rings. The molecule has 1 rings (SSSR count). The van der Waals surface area contributed by atoms with E-state index in [1.54, 1.807) is 18.2 Å². The van der Waals surface area contributed by atoms with Gasteiger partial charge in [-0.1, -0.05) is 23.7 Å². The number of benzene rings is 1. The van der Waals surface area contributed by atoms with Crippen molar-refractivity contribution in [1.82, 2.24) is 5.32 Å². The van der Waals surface area contributed by atoms with Gasteiger partial charge in [-0.15, -0.1) is 0 Å². The van der Waals surface area contributed by atoms with Crippen molar-refractivity contribution >= 4 is 33.4 Å². The Balaban J connectivity index is 2.77. The van der Waals surface area contributed by atoms with E-state index in [1.807, 2.05) is 0 Å². The summed E-state index contributed by atoms with van der Waals surface area (Å²) in [6.45, 7) is 1.32. The van der Waals surface area contributed by atoms with Crippen molar-refractivity contribution in [3.05, 3.63) is 33.3 Å². The number of hydrogen-bond acceptors (Lipinski definition) is 3. The van der Waals surface area contributed by atoms with E-state index in [2.05, 4.69) is 21.2 Å². The van der Waals surface area contributed by atoms with Crippen LogP contribution in [-0.4, -0.2) is 28.8 Å². The molecule has 0 radical (unpaired) electrons. The number of nitrogens with one attached hydrogen (secondary N) is 1. The van der Waals surface area contributed by atoms with Crippen molar-refractivity contribution < 1.29 is 15.0 Å². The Morgan fingerprint density at radius 1 is 1.53 bits per heavy atom. The van der Waals surface area contributed by atoms with Gasteiger partial charge in [0.1, 0.15) is 12.2 Å². The van der Waals surface area contributed by atoms with E-state index >= 15 is 0 Å². The molecule has 0 saturated carbocycles. The molecule has 0 saturated heterocycles. The third kappa shape index (κ3) is 3.96. The third-order valence-electron chi connectivity index (χ3n) is 2.22. The molecule has 1 aromatic carbocycles. The minimum atomic E-state index is -1.12. The standard InChI is InChI=1S/C11H13BrClNO3/c1-6(15)14-5-9(16)11(17)7-3-2-4-8(13)10(7)12/h2-4,9,11,16-17H,5H2,1H3,(H,14,15). The quantitative estimate of drug-likeness (QED) is 0.789. The van der Waals surface area contributed by atoms with Crippen LogP contribution in [0.3, 0.4) is 0 Å². The molecule has 0 bridgehead atoms. The molecule has 0 aliphatic carbocycles. The van der Waals surface area contributed by atoms with Gasteiger partial charge in [0, 0.05) is 17.9 Å². The summed E-state index contributed by atoms with van der Waals surface area (Å²) >= 11 is 9.12. The third-order valence-corrected chi connectivity index (χ3v) is 3.65. The van der Waals surface area contributed by atoms with Gasteiger partial charge in [0.05, 0.1) is 5.02 Å². The summed E-state index contributed by atoms with van der Waals surface area (Å²) in [4.78, 5) is 10.7. The smallest absolute Gasteiger partial charge is 0.216 e. The van der Waals surface area contributed by atoms with Crippen LogP contribution in [0.5, 0.6) is 0 Å². The number of hydrogen-bond donors (Lipinski definition) is 3. The first kappa shape index (κ1) is 14.4. The van der Waals surface area contributed by atoms with E-state index < -0.39 is 12.2 Å². The molecular formula is C11H13BrClNO3. The van der Waals surface area contributed by atoms with Crippen LogP contribution in [0.15, 0.2) is 22.7 Å². The predicted molar refractivity (Wildman–Crippen MR) is 68.8 cm³/mol. The second-order valence-corrected chi connectivity index (χ2v) is 4.79. The summed E-state index contributed by atoms with van der Waals surface area (Å²) in [5.41, 5.74) is 0.482. The fourth-order valence-electron chi connectivity index (χ4n) is 1.32. The summed E-state index contributed by atoms with van der Waals surface area (Å²) in [6, 6.07) is 5.00. The largest absolute Gasteiger partial charge is 0.388 e. The molecule has 2 unspecified atom stereocenters. The predicted octanol–water partition coefficient (Wildman–Crippen LogP) is 1.63. The normalized spacial score (nSPS) is 14.2. The Morgan fingerprint density at radius 2 is 2.18 bits per heavy atom. The lowest BCUT2D eigenvalue weighted by atomic mass is 10.0. The van der Waals surface area contributed by atoms with Gasteiger partial charge >= 0.3 is 0 Å².